The second-order valence-corrected chi connectivity index (χ2v) is 29.8. The highest BCUT2D eigenvalue weighted by Crippen LogP contribution is 2.39. The van der Waals surface area contributed by atoms with Gasteiger partial charge in [0.05, 0.1) is 62.1 Å². The van der Waals surface area contributed by atoms with E-state index in [0.29, 0.717) is 85.3 Å². The number of nitrogens with one attached hydrogen (secondary N) is 5. The van der Waals surface area contributed by atoms with E-state index in [2.05, 4.69) is 86.9 Å². The average Bonchev–Trinajstić information content (AvgIpc) is 1.72. The van der Waals surface area contributed by atoms with Crippen molar-refractivity contribution < 1.29 is 52.4 Å². The number of ketones is 1. The van der Waals surface area contributed by atoms with Gasteiger partial charge in [-0.05, 0) is 176 Å². The Morgan fingerprint density at radius 1 is 0.349 bits per heavy atom. The standard InChI is InChI=1S/C20H13FN6.C20H14FN3O.C20H15N3O3.C19H11ClFN3O2.C19H12ClN3O2/c21-13-2-1-3-14(9-13)24-20-16-6-7-22-10-17(16)15-5-4-12(8-18(15)25-20)19-11-23-27-26-19;1-12(25)13-5-6-16-18-11-22-8-7-17(18)20(24-19(16)9-13)23-15-4-2-3-14(21)10-15;1-26-14-4-2-3-13(10-14)22-19-16-7-8-21-11-17(16)15-6-5-12(20(24)25)9-18(15)23-19;20-15-8-11(2-4-16(15)21)23-18-13-5-6-22-9-14(13)12-3-1-10(19(25)26)7-17(12)24-18;20-12-2-1-3-13(9-12)22-18-15-6-7-21-10-16(15)14-5-4-11(19(24)25)8-17(14)23-18/h1-10H,11H2,(H,24,25);2-11H,1H3,(H,23,24);2-11H,1H3,(H,22,23)(H,24,25);1-9H,(H,23,24)(H,25,26);1-10H,(H,22,23)(H,24,25). The number of hydrogen-bond acceptors (Lipinski definition) is 23. The second-order valence-electron chi connectivity index (χ2n) is 29.0. The number of ether oxygens (including phenoxy) is 1. The summed E-state index contributed by atoms with van der Waals surface area (Å²) < 4.78 is 45.7. The van der Waals surface area contributed by atoms with Crippen molar-refractivity contribution in [3.63, 3.8) is 0 Å². The topological polar surface area (TPSA) is 364 Å². The van der Waals surface area contributed by atoms with Crippen LogP contribution in [-0.2, 0) is 0 Å². The van der Waals surface area contributed by atoms with Crippen LogP contribution in [0.5, 0.6) is 5.75 Å². The molecule has 0 spiro atoms. The fourth-order valence-corrected chi connectivity index (χ4v) is 14.9. The van der Waals surface area contributed by atoms with Crippen LogP contribution in [0.15, 0.2) is 314 Å². The summed E-state index contributed by atoms with van der Waals surface area (Å²) in [5, 5.41) is 69.3. The van der Waals surface area contributed by atoms with E-state index >= 15 is 0 Å². The van der Waals surface area contributed by atoms with Crippen LogP contribution in [0.3, 0.4) is 0 Å². The van der Waals surface area contributed by atoms with Crippen LogP contribution in [0, 0.1) is 17.5 Å². The maximum Gasteiger partial charge on any atom is 0.335 e. The maximum atomic E-state index is 13.6. The third kappa shape index (κ3) is 18.7. The van der Waals surface area contributed by atoms with Crippen LogP contribution in [-0.4, -0.2) is 108 Å². The highest BCUT2D eigenvalue weighted by molar-refractivity contribution is 6.31. The van der Waals surface area contributed by atoms with Gasteiger partial charge < -0.3 is 46.6 Å². The summed E-state index contributed by atoms with van der Waals surface area (Å²) in [6, 6.07) is 66.9. The Morgan fingerprint density at radius 3 is 1.04 bits per heavy atom. The van der Waals surface area contributed by atoms with Gasteiger partial charge in [-0.1, -0.05) is 89.9 Å². The molecule has 21 rings (SSSR count). The number of halogens is 5. The van der Waals surface area contributed by atoms with E-state index in [-0.39, 0.29) is 39.1 Å². The molecule has 10 aromatic carbocycles. The van der Waals surface area contributed by atoms with Crippen molar-refractivity contribution in [3.05, 3.63) is 354 Å². The molecule has 0 amide bonds. The van der Waals surface area contributed by atoms with E-state index in [1.54, 1.807) is 166 Å². The van der Waals surface area contributed by atoms with E-state index in [1.165, 1.54) is 55.5 Å². The van der Waals surface area contributed by atoms with Gasteiger partial charge in [0.25, 0.3) is 0 Å². The van der Waals surface area contributed by atoms with Crippen molar-refractivity contribution in [2.45, 2.75) is 6.92 Å². The molecule has 26 nitrogen and oxygen atoms in total. The molecule has 1 aliphatic heterocycles. The summed E-state index contributed by atoms with van der Waals surface area (Å²) in [4.78, 5) is 89.7. The second kappa shape index (κ2) is 37.1. The number of nitrogens with zero attached hydrogens (tertiary/aromatic N) is 13. The summed E-state index contributed by atoms with van der Waals surface area (Å²) in [6.07, 6.45) is 17.3. The summed E-state index contributed by atoms with van der Waals surface area (Å²) in [6.45, 7) is 1.99. The molecule has 11 heterocycles. The smallest absolute Gasteiger partial charge is 0.335 e. The number of carbonyl (C=O) groups excluding carboxylic acids is 1. The van der Waals surface area contributed by atoms with Crippen LogP contribution in [0.25, 0.3) is 108 Å². The molecule has 20 aromatic rings. The molecular formula is C98H65Cl2F3N18O8. The molecule has 0 radical (unpaired) electrons. The summed E-state index contributed by atoms with van der Waals surface area (Å²) in [5.74, 6) is -0.437. The van der Waals surface area contributed by atoms with E-state index in [0.717, 1.165) is 115 Å². The number of benzene rings is 10. The van der Waals surface area contributed by atoms with Crippen LogP contribution < -0.4 is 31.3 Å². The lowest BCUT2D eigenvalue weighted by atomic mass is 10.0. The van der Waals surface area contributed by atoms with Crippen LogP contribution in [0.2, 0.25) is 10.0 Å². The number of anilines is 10. The summed E-state index contributed by atoms with van der Waals surface area (Å²) in [7, 11) is 1.61. The minimum absolute atomic E-state index is 0.00470. The largest absolute Gasteiger partial charge is 0.497 e. The molecule has 0 unspecified atom stereocenters. The number of carbonyl (C=O) groups is 4. The zero-order valence-electron chi connectivity index (χ0n) is 67.6. The summed E-state index contributed by atoms with van der Waals surface area (Å²) >= 11 is 11.9. The van der Waals surface area contributed by atoms with Gasteiger partial charge in [-0.3, -0.25) is 29.7 Å². The molecule has 0 fully saturated rings. The lowest BCUT2D eigenvalue weighted by Gasteiger charge is -2.12. The minimum atomic E-state index is -1.03. The molecule has 0 saturated carbocycles. The Labute approximate surface area is 738 Å². The molecule has 0 atom stereocenters. The minimum Gasteiger partial charge on any atom is -0.497 e. The monoisotopic (exact) mass is 1750 g/mol. The van der Waals surface area contributed by atoms with Gasteiger partial charge >= 0.3 is 17.9 Å². The van der Waals surface area contributed by atoms with E-state index in [9.17, 15) is 47.7 Å². The third-order valence-electron chi connectivity index (χ3n) is 20.7. The molecule has 0 bridgehead atoms. The Balaban J connectivity index is 0.000000113. The van der Waals surface area contributed by atoms with Crippen molar-refractivity contribution in [2.24, 2.45) is 15.4 Å². The number of pyridine rings is 10. The van der Waals surface area contributed by atoms with E-state index in [4.69, 9.17) is 32.9 Å². The number of aromatic nitrogens is 10. The number of aromatic carboxylic acids is 3. The molecule has 630 valence electrons. The number of carboxylic acids is 3. The first kappa shape index (κ1) is 84.1. The zero-order valence-corrected chi connectivity index (χ0v) is 69.1. The Bertz CT molecular complexity index is 7800. The van der Waals surface area contributed by atoms with Crippen LogP contribution >= 0.6 is 23.2 Å². The van der Waals surface area contributed by atoms with Gasteiger partial charge in [0.1, 0.15) is 58.8 Å². The number of hydrogen-bond donors (Lipinski definition) is 8. The van der Waals surface area contributed by atoms with Crippen molar-refractivity contribution >= 4 is 219 Å². The average molecular weight is 1750 g/mol. The molecule has 129 heavy (non-hydrogen) atoms. The van der Waals surface area contributed by atoms with Crippen LogP contribution in [0.1, 0.15) is 53.9 Å². The van der Waals surface area contributed by atoms with Crippen molar-refractivity contribution in [1.29, 1.82) is 0 Å². The molecule has 0 saturated heterocycles. The summed E-state index contributed by atoms with van der Waals surface area (Å²) in [5.41, 5.74) is 9.47. The molecule has 8 N–H and O–H groups in total. The predicted octanol–water partition coefficient (Wildman–Crippen LogP) is 23.8. The van der Waals surface area contributed by atoms with Crippen molar-refractivity contribution in [1.82, 2.24) is 49.8 Å². The molecular weight excluding hydrogens is 1690 g/mol. The van der Waals surface area contributed by atoms with Gasteiger partial charge in [0, 0.05) is 193 Å². The highest BCUT2D eigenvalue weighted by atomic mass is 35.5. The first-order valence-corrected chi connectivity index (χ1v) is 40.2. The first-order valence-electron chi connectivity index (χ1n) is 39.4. The first-order chi connectivity index (χ1) is 62.7. The highest BCUT2D eigenvalue weighted by Gasteiger charge is 2.20. The number of carboxylic acid groups (broad SMARTS) is 3. The molecule has 0 aliphatic carbocycles. The number of fused-ring (bicyclic) bond motifs is 15. The molecule has 31 heteroatoms. The van der Waals surface area contributed by atoms with Gasteiger partial charge in [0.15, 0.2) is 5.78 Å². The zero-order chi connectivity index (χ0) is 89.3. The Kier molecular flexibility index (Phi) is 24.2. The van der Waals surface area contributed by atoms with Gasteiger partial charge in [-0.25, -0.2) is 52.5 Å². The fourth-order valence-electron chi connectivity index (χ4n) is 14.5. The van der Waals surface area contributed by atoms with Gasteiger partial charge in [0.2, 0.25) is 0 Å². The number of Topliss-reactive ketones (excluding diaryl/α,β-unsaturated/α-hetero) is 1. The molecule has 10 aromatic heterocycles. The lowest BCUT2D eigenvalue weighted by Crippen LogP contribution is -2.02. The third-order valence-corrected chi connectivity index (χ3v) is 21.2. The van der Waals surface area contributed by atoms with Crippen LogP contribution in [0.4, 0.5) is 70.7 Å². The number of methoxy groups -OCH3 is 1. The van der Waals surface area contributed by atoms with Crippen molar-refractivity contribution in [3.8, 4) is 5.75 Å². The van der Waals surface area contributed by atoms with Gasteiger partial charge in [-0.15, -0.1) is 5.10 Å². The fraction of sp³-hybridized carbons (Fsp3) is 0.0306. The van der Waals surface area contributed by atoms with Crippen molar-refractivity contribution in [2.75, 3.05) is 40.2 Å². The maximum absolute atomic E-state index is 13.6. The predicted molar refractivity (Wildman–Crippen MR) is 497 cm³/mol. The Morgan fingerprint density at radius 2 is 0.690 bits per heavy atom. The normalized spacial score (nSPS) is 11.4. The lowest BCUT2D eigenvalue weighted by molar-refractivity contribution is 0.0686. The SMILES string of the molecule is CC(=O)c1ccc2c(c1)nc(Nc1cccc(F)c1)c1ccncc12.COc1cccc(Nc2nc3cc(C(=O)O)ccc3c3cnccc23)c1.Fc1cccc(Nc2nc3cc(C4=NN=NC4)ccc3c3cnccc23)c1.O=C(O)c1ccc2c(c1)nc(Nc1ccc(F)c(Cl)c1)c1ccncc12.O=C(O)c1ccc2c(c1)nc(Nc1cccc(Cl)c1)c1ccncc12. The molecule has 1 aliphatic rings. The van der Waals surface area contributed by atoms with Gasteiger partial charge in [-0.2, -0.15) is 5.11 Å². The van der Waals surface area contributed by atoms with E-state index in [1.807, 2.05) is 91.1 Å². The Hall–Kier alpha value is -17.2. The van der Waals surface area contributed by atoms with E-state index < -0.39 is 23.7 Å². The quantitative estimate of drug-likeness (QED) is 0.0329. The number of rotatable bonds is 16.